The lowest BCUT2D eigenvalue weighted by molar-refractivity contribution is -0.139. The van der Waals surface area contributed by atoms with E-state index in [1.54, 1.807) is 6.92 Å². The van der Waals surface area contributed by atoms with Gasteiger partial charge in [-0.3, -0.25) is 9.59 Å². The van der Waals surface area contributed by atoms with Crippen molar-refractivity contribution in [1.82, 2.24) is 5.32 Å². The van der Waals surface area contributed by atoms with Crippen LogP contribution in [-0.2, 0) is 14.3 Å². The number of hydrogen-bond acceptors (Lipinski definition) is 6. The molecule has 150 valence electrons. The van der Waals surface area contributed by atoms with E-state index in [9.17, 15) is 9.59 Å². The second-order valence-electron chi connectivity index (χ2n) is 6.32. The summed E-state index contributed by atoms with van der Waals surface area (Å²) in [5, 5.41) is 6.67. The fraction of sp³-hybridized carbons (Fsp3) is 0.227. The molecule has 0 aromatic heterocycles. The summed E-state index contributed by atoms with van der Waals surface area (Å²) >= 11 is 1.26. The second-order valence-corrected chi connectivity index (χ2v) is 7.29. The van der Waals surface area contributed by atoms with E-state index < -0.39 is 6.04 Å². The first-order valence-corrected chi connectivity index (χ1v) is 10.3. The number of amidine groups is 1. The number of esters is 1. The van der Waals surface area contributed by atoms with Crippen molar-refractivity contribution in [3.63, 3.8) is 0 Å². The summed E-state index contributed by atoms with van der Waals surface area (Å²) in [4.78, 5) is 29.5. The van der Waals surface area contributed by atoms with Gasteiger partial charge in [-0.25, -0.2) is 4.99 Å². The van der Waals surface area contributed by atoms with Gasteiger partial charge in [-0.2, -0.15) is 0 Å². The maximum Gasteiger partial charge on any atom is 0.316 e. The molecule has 1 aliphatic heterocycles. The van der Waals surface area contributed by atoms with Crippen LogP contribution in [0.15, 0.2) is 76.9 Å². The van der Waals surface area contributed by atoms with Gasteiger partial charge in [0.25, 0.3) is 5.91 Å². The summed E-state index contributed by atoms with van der Waals surface area (Å²) in [6.07, 6.45) is 0. The van der Waals surface area contributed by atoms with Crippen LogP contribution in [0.5, 0.6) is 0 Å². The SMILES string of the molecule is CCOC(=O)CSC1=N[C@@H](c2ccccc2)C(C(=O)Nc2ccccc2)=C(C)N1. The molecule has 3 rings (SSSR count). The fourth-order valence-corrected chi connectivity index (χ4v) is 3.68. The van der Waals surface area contributed by atoms with Crippen LogP contribution >= 0.6 is 11.8 Å². The van der Waals surface area contributed by atoms with Crippen molar-refractivity contribution in [3.05, 3.63) is 77.5 Å². The number of anilines is 1. The topological polar surface area (TPSA) is 79.8 Å². The minimum atomic E-state index is -0.467. The van der Waals surface area contributed by atoms with Gasteiger partial charge in [-0.1, -0.05) is 60.3 Å². The van der Waals surface area contributed by atoms with Crippen LogP contribution < -0.4 is 10.6 Å². The van der Waals surface area contributed by atoms with E-state index in [-0.39, 0.29) is 17.6 Å². The molecule has 0 aliphatic carbocycles. The number of hydrogen-bond donors (Lipinski definition) is 2. The summed E-state index contributed by atoms with van der Waals surface area (Å²) in [6, 6.07) is 18.5. The molecule has 0 bridgehead atoms. The normalized spacial score (nSPS) is 15.9. The van der Waals surface area contributed by atoms with E-state index in [1.807, 2.05) is 67.6 Å². The molecule has 7 heteroatoms. The van der Waals surface area contributed by atoms with Crippen LogP contribution in [0.25, 0.3) is 0 Å². The Kier molecular flexibility index (Phi) is 7.08. The molecule has 29 heavy (non-hydrogen) atoms. The fourth-order valence-electron chi connectivity index (χ4n) is 2.94. The Balaban J connectivity index is 1.85. The average molecular weight is 410 g/mol. The number of nitrogens with zero attached hydrogens (tertiary/aromatic N) is 1. The number of thioether (sulfide) groups is 1. The minimum absolute atomic E-state index is 0.153. The zero-order chi connectivity index (χ0) is 20.6. The highest BCUT2D eigenvalue weighted by Gasteiger charge is 2.29. The molecule has 0 fully saturated rings. The molecule has 2 aromatic carbocycles. The maximum atomic E-state index is 13.1. The highest BCUT2D eigenvalue weighted by atomic mass is 32.2. The van der Waals surface area contributed by atoms with Crippen molar-refractivity contribution in [2.75, 3.05) is 17.7 Å². The lowest BCUT2D eigenvalue weighted by Crippen LogP contribution is -2.32. The van der Waals surface area contributed by atoms with Crippen LogP contribution in [0.1, 0.15) is 25.5 Å². The first-order chi connectivity index (χ1) is 14.1. The van der Waals surface area contributed by atoms with Gasteiger partial charge in [0, 0.05) is 11.4 Å². The predicted molar refractivity (Wildman–Crippen MR) is 117 cm³/mol. The monoisotopic (exact) mass is 409 g/mol. The number of benzene rings is 2. The molecule has 0 spiro atoms. The van der Waals surface area contributed by atoms with E-state index in [4.69, 9.17) is 9.73 Å². The number of rotatable bonds is 6. The van der Waals surface area contributed by atoms with Crippen molar-refractivity contribution >= 4 is 34.5 Å². The highest BCUT2D eigenvalue weighted by molar-refractivity contribution is 8.14. The van der Waals surface area contributed by atoms with Gasteiger partial charge in [-0.15, -0.1) is 0 Å². The Hall–Kier alpha value is -3.06. The molecule has 1 aliphatic rings. The van der Waals surface area contributed by atoms with Gasteiger partial charge in [0.05, 0.1) is 17.9 Å². The van der Waals surface area contributed by atoms with E-state index in [1.165, 1.54) is 11.8 Å². The minimum Gasteiger partial charge on any atom is -0.465 e. The number of carbonyl (C=O) groups is 2. The number of ether oxygens (including phenoxy) is 1. The highest BCUT2D eigenvalue weighted by Crippen LogP contribution is 2.32. The zero-order valence-electron chi connectivity index (χ0n) is 16.3. The summed E-state index contributed by atoms with van der Waals surface area (Å²) in [7, 11) is 0. The van der Waals surface area contributed by atoms with Crippen molar-refractivity contribution in [2.24, 2.45) is 4.99 Å². The average Bonchev–Trinajstić information content (AvgIpc) is 2.73. The molecular formula is C22H23N3O3S. The molecule has 0 saturated carbocycles. The van der Waals surface area contributed by atoms with Crippen molar-refractivity contribution in [1.29, 1.82) is 0 Å². The number of para-hydroxylation sites is 1. The Morgan fingerprint density at radius 3 is 2.41 bits per heavy atom. The molecule has 1 heterocycles. The first kappa shape index (κ1) is 20.7. The lowest BCUT2D eigenvalue weighted by atomic mass is 9.96. The van der Waals surface area contributed by atoms with Gasteiger partial charge < -0.3 is 15.4 Å². The van der Waals surface area contributed by atoms with E-state index >= 15 is 0 Å². The van der Waals surface area contributed by atoms with Crippen LogP contribution in [0.4, 0.5) is 5.69 Å². The standard InChI is InChI=1S/C22H23N3O3S/c1-3-28-18(26)14-29-22-23-15(2)19(20(25-22)16-10-6-4-7-11-16)21(27)24-17-12-8-5-9-13-17/h4-13,20H,3,14H2,1-2H3,(H,23,25)(H,24,27)/t20-/m0/s1. The first-order valence-electron chi connectivity index (χ1n) is 9.34. The Labute approximate surface area is 174 Å². The third-order valence-electron chi connectivity index (χ3n) is 4.24. The summed E-state index contributed by atoms with van der Waals surface area (Å²) in [5.41, 5.74) is 2.87. The van der Waals surface area contributed by atoms with Crippen LogP contribution in [0, 0.1) is 0 Å². The van der Waals surface area contributed by atoms with Crippen molar-refractivity contribution < 1.29 is 14.3 Å². The van der Waals surface area contributed by atoms with Gasteiger partial charge in [0.2, 0.25) is 0 Å². The van der Waals surface area contributed by atoms with Crippen molar-refractivity contribution in [2.45, 2.75) is 19.9 Å². The summed E-state index contributed by atoms with van der Waals surface area (Å²) < 4.78 is 4.98. The van der Waals surface area contributed by atoms with Crippen molar-refractivity contribution in [3.8, 4) is 0 Å². The smallest absolute Gasteiger partial charge is 0.316 e. The zero-order valence-corrected chi connectivity index (χ0v) is 17.2. The molecule has 6 nitrogen and oxygen atoms in total. The molecule has 1 amide bonds. The molecular weight excluding hydrogens is 386 g/mol. The largest absolute Gasteiger partial charge is 0.465 e. The molecule has 1 atom stereocenters. The molecule has 0 saturated heterocycles. The quantitative estimate of drug-likeness (QED) is 0.708. The second kappa shape index (κ2) is 9.93. The Bertz CT molecular complexity index is 927. The van der Waals surface area contributed by atoms with E-state index in [0.717, 1.165) is 11.3 Å². The molecule has 2 aromatic rings. The summed E-state index contributed by atoms with van der Waals surface area (Å²) in [6.45, 7) is 3.96. The lowest BCUT2D eigenvalue weighted by Gasteiger charge is -2.26. The van der Waals surface area contributed by atoms with Crippen LogP contribution in [-0.4, -0.2) is 29.4 Å². The number of allylic oxidation sites excluding steroid dienone is 1. The van der Waals surface area contributed by atoms with E-state index in [2.05, 4.69) is 10.6 Å². The maximum absolute atomic E-state index is 13.1. The Morgan fingerprint density at radius 2 is 1.76 bits per heavy atom. The molecule has 2 N–H and O–H groups in total. The van der Waals surface area contributed by atoms with Crippen LogP contribution in [0.2, 0.25) is 0 Å². The van der Waals surface area contributed by atoms with E-state index in [0.29, 0.717) is 23.0 Å². The van der Waals surface area contributed by atoms with Crippen LogP contribution in [0.3, 0.4) is 0 Å². The molecule has 0 unspecified atom stereocenters. The number of nitrogens with one attached hydrogen (secondary N) is 2. The Morgan fingerprint density at radius 1 is 1.10 bits per heavy atom. The number of carbonyl (C=O) groups excluding carboxylic acids is 2. The van der Waals surface area contributed by atoms with Gasteiger partial charge in [0.15, 0.2) is 5.17 Å². The van der Waals surface area contributed by atoms with Gasteiger partial charge in [-0.05, 0) is 31.5 Å². The summed E-state index contributed by atoms with van der Waals surface area (Å²) in [5.74, 6) is -0.360. The van der Waals surface area contributed by atoms with Gasteiger partial charge in [0.1, 0.15) is 6.04 Å². The predicted octanol–water partition coefficient (Wildman–Crippen LogP) is 3.90. The number of amides is 1. The van der Waals surface area contributed by atoms with Gasteiger partial charge >= 0.3 is 5.97 Å². The third-order valence-corrected chi connectivity index (χ3v) is 5.10. The molecule has 0 radical (unpaired) electrons. The third kappa shape index (κ3) is 5.48. The number of aliphatic imine (C=N–C) groups is 1.